The van der Waals surface area contributed by atoms with Gasteiger partial charge in [0.15, 0.2) is 0 Å². The molecule has 2 amide bonds. The van der Waals surface area contributed by atoms with E-state index in [4.69, 9.17) is 0 Å². The van der Waals surface area contributed by atoms with E-state index in [1.165, 1.54) is 0 Å². The first-order valence-corrected chi connectivity index (χ1v) is 7.27. The summed E-state index contributed by atoms with van der Waals surface area (Å²) in [7, 11) is 0. The standard InChI is InChI=1S/C16H18F2N4O/c1-3-15(13-8-11(17)4-5-14(13)18)22-16(23)20-9-12-6-7-19-10(2)21-12/h4-8,15H,3,9H2,1-2H3,(H2,20,22,23)/t15-/m1/s1. The lowest BCUT2D eigenvalue weighted by atomic mass is 10.0. The van der Waals surface area contributed by atoms with Crippen molar-refractivity contribution in [2.75, 3.05) is 0 Å². The SMILES string of the molecule is CC[C@@H](NC(=O)NCc1ccnc(C)n1)c1cc(F)ccc1F. The van der Waals surface area contributed by atoms with Gasteiger partial charge in [0.05, 0.1) is 18.3 Å². The highest BCUT2D eigenvalue weighted by Gasteiger charge is 2.17. The minimum atomic E-state index is -0.613. The molecule has 1 atom stereocenters. The van der Waals surface area contributed by atoms with Gasteiger partial charge in [-0.15, -0.1) is 0 Å². The highest BCUT2D eigenvalue weighted by molar-refractivity contribution is 5.74. The Bertz CT molecular complexity index is 694. The van der Waals surface area contributed by atoms with Gasteiger partial charge < -0.3 is 10.6 Å². The summed E-state index contributed by atoms with van der Waals surface area (Å²) in [6, 6.07) is 3.79. The third-order valence-electron chi connectivity index (χ3n) is 3.31. The first-order valence-electron chi connectivity index (χ1n) is 7.27. The molecule has 5 nitrogen and oxygen atoms in total. The predicted octanol–water partition coefficient (Wildman–Crippen LogP) is 3.01. The fourth-order valence-electron chi connectivity index (χ4n) is 2.17. The molecule has 0 aliphatic carbocycles. The molecule has 2 aromatic rings. The molecule has 23 heavy (non-hydrogen) atoms. The third-order valence-corrected chi connectivity index (χ3v) is 3.31. The van der Waals surface area contributed by atoms with E-state index in [9.17, 15) is 13.6 Å². The molecule has 2 rings (SSSR count). The fourth-order valence-corrected chi connectivity index (χ4v) is 2.17. The molecule has 2 N–H and O–H groups in total. The zero-order valence-corrected chi connectivity index (χ0v) is 12.9. The van der Waals surface area contributed by atoms with Gasteiger partial charge in [-0.1, -0.05) is 6.92 Å². The molecular formula is C16H18F2N4O. The lowest BCUT2D eigenvalue weighted by molar-refractivity contribution is 0.236. The Balaban J connectivity index is 1.98. The number of amides is 2. The van der Waals surface area contributed by atoms with E-state index in [0.717, 1.165) is 18.2 Å². The van der Waals surface area contributed by atoms with Crippen LogP contribution in [0.1, 0.15) is 36.5 Å². The van der Waals surface area contributed by atoms with Gasteiger partial charge in [-0.25, -0.2) is 23.5 Å². The van der Waals surface area contributed by atoms with Crippen LogP contribution in [0, 0.1) is 18.6 Å². The Morgan fingerprint density at radius 1 is 1.30 bits per heavy atom. The summed E-state index contributed by atoms with van der Waals surface area (Å²) < 4.78 is 27.1. The Kier molecular flexibility index (Phi) is 5.56. The van der Waals surface area contributed by atoms with Crippen LogP contribution in [0.4, 0.5) is 13.6 Å². The smallest absolute Gasteiger partial charge is 0.315 e. The first-order chi connectivity index (χ1) is 11.0. The van der Waals surface area contributed by atoms with E-state index in [0.29, 0.717) is 17.9 Å². The zero-order chi connectivity index (χ0) is 16.8. The molecule has 0 aliphatic heterocycles. The van der Waals surface area contributed by atoms with Gasteiger partial charge in [0.25, 0.3) is 0 Å². The number of benzene rings is 1. The molecule has 7 heteroatoms. The number of aryl methyl sites for hydroxylation is 1. The molecule has 1 aromatic carbocycles. The Hall–Kier alpha value is -2.57. The van der Waals surface area contributed by atoms with Gasteiger partial charge in [0.1, 0.15) is 17.5 Å². The van der Waals surface area contributed by atoms with Gasteiger partial charge in [-0.2, -0.15) is 0 Å². The maximum atomic E-state index is 13.8. The lowest BCUT2D eigenvalue weighted by Gasteiger charge is -2.18. The quantitative estimate of drug-likeness (QED) is 0.890. The number of urea groups is 1. The van der Waals surface area contributed by atoms with Crippen LogP contribution in [0.2, 0.25) is 0 Å². The van der Waals surface area contributed by atoms with Crippen LogP contribution < -0.4 is 10.6 Å². The number of rotatable bonds is 5. The highest BCUT2D eigenvalue weighted by atomic mass is 19.1. The minimum Gasteiger partial charge on any atom is -0.332 e. The second-order valence-corrected chi connectivity index (χ2v) is 5.05. The van der Waals surface area contributed by atoms with Crippen molar-refractivity contribution >= 4 is 6.03 Å². The Morgan fingerprint density at radius 3 is 2.78 bits per heavy atom. The fraction of sp³-hybridized carbons (Fsp3) is 0.312. The van der Waals surface area contributed by atoms with E-state index in [1.54, 1.807) is 26.1 Å². The Labute approximate surface area is 133 Å². The first kappa shape index (κ1) is 16.8. The normalized spacial score (nSPS) is 11.8. The van der Waals surface area contributed by atoms with Crippen LogP contribution in [-0.2, 0) is 6.54 Å². The third kappa shape index (κ3) is 4.70. The van der Waals surface area contributed by atoms with Crippen molar-refractivity contribution in [2.24, 2.45) is 0 Å². The van der Waals surface area contributed by atoms with E-state index in [1.807, 2.05) is 0 Å². The summed E-state index contributed by atoms with van der Waals surface area (Å²) in [6.45, 7) is 3.75. The van der Waals surface area contributed by atoms with Crippen molar-refractivity contribution in [3.8, 4) is 0 Å². The second kappa shape index (κ2) is 7.62. The van der Waals surface area contributed by atoms with Gasteiger partial charge in [0, 0.05) is 11.8 Å². The maximum absolute atomic E-state index is 13.8. The van der Waals surface area contributed by atoms with Crippen LogP contribution >= 0.6 is 0 Å². The molecule has 0 bridgehead atoms. The number of carbonyl (C=O) groups is 1. The molecule has 122 valence electrons. The molecular weight excluding hydrogens is 302 g/mol. The monoisotopic (exact) mass is 320 g/mol. The number of hydrogen-bond acceptors (Lipinski definition) is 3. The topological polar surface area (TPSA) is 66.9 Å². The van der Waals surface area contributed by atoms with E-state index in [-0.39, 0.29) is 12.1 Å². The molecule has 0 fully saturated rings. The van der Waals surface area contributed by atoms with E-state index in [2.05, 4.69) is 20.6 Å². The average molecular weight is 320 g/mol. The second-order valence-electron chi connectivity index (χ2n) is 5.05. The largest absolute Gasteiger partial charge is 0.332 e. The van der Waals surface area contributed by atoms with Gasteiger partial charge in [-0.05, 0) is 37.6 Å². The number of carbonyl (C=O) groups excluding carboxylic acids is 1. The van der Waals surface area contributed by atoms with Crippen molar-refractivity contribution in [3.05, 3.63) is 59.2 Å². The van der Waals surface area contributed by atoms with Crippen molar-refractivity contribution < 1.29 is 13.6 Å². The summed E-state index contributed by atoms with van der Waals surface area (Å²) in [6.07, 6.45) is 2.04. The summed E-state index contributed by atoms with van der Waals surface area (Å²) >= 11 is 0. The lowest BCUT2D eigenvalue weighted by Crippen LogP contribution is -2.38. The molecule has 0 unspecified atom stereocenters. The van der Waals surface area contributed by atoms with Gasteiger partial charge >= 0.3 is 6.03 Å². The van der Waals surface area contributed by atoms with Gasteiger partial charge in [-0.3, -0.25) is 0 Å². The number of hydrogen-bond donors (Lipinski definition) is 2. The molecule has 0 aliphatic rings. The zero-order valence-electron chi connectivity index (χ0n) is 12.9. The van der Waals surface area contributed by atoms with E-state index >= 15 is 0 Å². The molecule has 0 spiro atoms. The van der Waals surface area contributed by atoms with Crippen molar-refractivity contribution in [3.63, 3.8) is 0 Å². The summed E-state index contributed by atoms with van der Waals surface area (Å²) in [5, 5.41) is 5.27. The predicted molar refractivity (Wildman–Crippen MR) is 81.5 cm³/mol. The minimum absolute atomic E-state index is 0.125. The molecule has 0 saturated carbocycles. The van der Waals surface area contributed by atoms with Crippen LogP contribution in [0.15, 0.2) is 30.5 Å². The summed E-state index contributed by atoms with van der Waals surface area (Å²) in [5.41, 5.74) is 0.790. The summed E-state index contributed by atoms with van der Waals surface area (Å²) in [4.78, 5) is 20.1. The van der Waals surface area contributed by atoms with Crippen molar-refractivity contribution in [1.29, 1.82) is 0 Å². The van der Waals surface area contributed by atoms with Crippen LogP contribution in [0.25, 0.3) is 0 Å². The van der Waals surface area contributed by atoms with Crippen LogP contribution in [0.5, 0.6) is 0 Å². The van der Waals surface area contributed by atoms with E-state index < -0.39 is 23.7 Å². The van der Waals surface area contributed by atoms with Gasteiger partial charge in [0.2, 0.25) is 0 Å². The Morgan fingerprint density at radius 2 is 2.09 bits per heavy atom. The maximum Gasteiger partial charge on any atom is 0.315 e. The number of halogens is 2. The molecule has 0 saturated heterocycles. The van der Waals surface area contributed by atoms with Crippen molar-refractivity contribution in [2.45, 2.75) is 32.9 Å². The number of nitrogens with zero attached hydrogens (tertiary/aromatic N) is 2. The van der Waals surface area contributed by atoms with Crippen molar-refractivity contribution in [1.82, 2.24) is 20.6 Å². The van der Waals surface area contributed by atoms with Crippen LogP contribution in [0.3, 0.4) is 0 Å². The molecule has 1 heterocycles. The summed E-state index contributed by atoms with van der Waals surface area (Å²) in [5.74, 6) is -0.485. The van der Waals surface area contributed by atoms with Crippen LogP contribution in [-0.4, -0.2) is 16.0 Å². The highest BCUT2D eigenvalue weighted by Crippen LogP contribution is 2.21. The number of aromatic nitrogens is 2. The molecule has 0 radical (unpaired) electrons. The molecule has 1 aromatic heterocycles. The number of nitrogens with one attached hydrogen (secondary N) is 2. The average Bonchev–Trinajstić information content (AvgIpc) is 2.53.